The van der Waals surface area contributed by atoms with E-state index in [1.165, 1.54) is 0 Å². The highest BCUT2D eigenvalue weighted by atomic mass is 16.2. The first-order chi connectivity index (χ1) is 7.91. The molecule has 1 N–H and O–H groups in total. The van der Waals surface area contributed by atoms with Gasteiger partial charge in [0.15, 0.2) is 0 Å². The summed E-state index contributed by atoms with van der Waals surface area (Å²) >= 11 is 0. The summed E-state index contributed by atoms with van der Waals surface area (Å²) in [6.45, 7) is 8.20. The molecule has 1 heterocycles. The molecule has 0 radical (unpaired) electrons. The minimum absolute atomic E-state index is 0.0387. The van der Waals surface area contributed by atoms with Crippen LogP contribution in [0.4, 0.5) is 0 Å². The second-order valence-electron chi connectivity index (χ2n) is 5.79. The van der Waals surface area contributed by atoms with E-state index >= 15 is 0 Å². The average Bonchev–Trinajstić information content (AvgIpc) is 2.56. The largest absolute Gasteiger partial charge is 0.326 e. The summed E-state index contributed by atoms with van der Waals surface area (Å²) in [6, 6.07) is 0.367. The van der Waals surface area contributed by atoms with Gasteiger partial charge >= 0.3 is 0 Å². The first-order valence-corrected chi connectivity index (χ1v) is 6.60. The highest BCUT2D eigenvalue weighted by molar-refractivity contribution is 5.84. The molecule has 2 atom stereocenters. The lowest BCUT2D eigenvalue weighted by atomic mass is 10.0. The van der Waals surface area contributed by atoms with Crippen molar-refractivity contribution < 1.29 is 4.79 Å². The van der Waals surface area contributed by atoms with Crippen LogP contribution in [0.25, 0.3) is 0 Å². The van der Waals surface area contributed by atoms with Gasteiger partial charge in [-0.15, -0.1) is 0 Å². The zero-order valence-electron chi connectivity index (χ0n) is 11.9. The van der Waals surface area contributed by atoms with Gasteiger partial charge in [-0.3, -0.25) is 10.1 Å². The minimum atomic E-state index is 0.0387. The molecule has 1 saturated heterocycles. The summed E-state index contributed by atoms with van der Waals surface area (Å²) < 4.78 is 0. The molecule has 0 aromatic rings. The van der Waals surface area contributed by atoms with E-state index in [9.17, 15) is 4.79 Å². The van der Waals surface area contributed by atoms with Gasteiger partial charge in [0.2, 0.25) is 5.91 Å². The fraction of sp³-hybridized carbons (Fsp3) is 0.923. The predicted octanol–water partition coefficient (Wildman–Crippen LogP) is 1.13. The molecular formula is C13H27N3O. The Morgan fingerprint density at radius 1 is 1.41 bits per heavy atom. The first kappa shape index (κ1) is 14.5. The van der Waals surface area contributed by atoms with Crippen molar-refractivity contribution in [1.82, 2.24) is 15.1 Å². The number of nitrogens with zero attached hydrogens (tertiary/aromatic N) is 2. The van der Waals surface area contributed by atoms with Gasteiger partial charge in [0.1, 0.15) is 0 Å². The van der Waals surface area contributed by atoms with Crippen molar-refractivity contribution in [3.8, 4) is 0 Å². The minimum Gasteiger partial charge on any atom is -0.326 e. The molecular weight excluding hydrogens is 214 g/mol. The summed E-state index contributed by atoms with van der Waals surface area (Å²) in [6.07, 6.45) is 1.98. The molecule has 1 aliphatic heterocycles. The molecule has 4 heteroatoms. The molecule has 1 amide bonds. The highest BCUT2D eigenvalue weighted by Gasteiger charge is 2.33. The zero-order valence-corrected chi connectivity index (χ0v) is 11.9. The number of nitrogens with one attached hydrogen (secondary N) is 1. The third-order valence-electron chi connectivity index (χ3n) is 3.32. The van der Waals surface area contributed by atoms with Crippen LogP contribution in [-0.4, -0.2) is 55.1 Å². The molecule has 100 valence electrons. The first-order valence-electron chi connectivity index (χ1n) is 6.60. The zero-order chi connectivity index (χ0) is 13.0. The van der Waals surface area contributed by atoms with Crippen LogP contribution in [0.2, 0.25) is 0 Å². The van der Waals surface area contributed by atoms with Crippen molar-refractivity contribution in [2.24, 2.45) is 5.92 Å². The van der Waals surface area contributed by atoms with Gasteiger partial charge in [-0.05, 0) is 46.3 Å². The van der Waals surface area contributed by atoms with E-state index in [2.05, 4.69) is 45.1 Å². The summed E-state index contributed by atoms with van der Waals surface area (Å²) in [5.74, 6) is 0.846. The maximum absolute atomic E-state index is 12.2. The van der Waals surface area contributed by atoms with Gasteiger partial charge in [-0.25, -0.2) is 0 Å². The van der Waals surface area contributed by atoms with Crippen molar-refractivity contribution in [1.29, 1.82) is 0 Å². The topological polar surface area (TPSA) is 35.6 Å². The maximum Gasteiger partial charge on any atom is 0.241 e. The SMILES string of the molecule is CC(C)CC1NCN(C(C)CCN(C)C)C1=O. The standard InChI is InChI=1S/C13H27N3O/c1-10(2)8-12-13(17)16(9-14-12)11(3)6-7-15(4)5/h10-12,14H,6-9H2,1-5H3. The van der Waals surface area contributed by atoms with E-state index in [-0.39, 0.29) is 11.9 Å². The number of amides is 1. The quantitative estimate of drug-likeness (QED) is 0.757. The van der Waals surface area contributed by atoms with Crippen LogP contribution in [0.1, 0.15) is 33.6 Å². The van der Waals surface area contributed by atoms with E-state index < -0.39 is 0 Å². The lowest BCUT2D eigenvalue weighted by molar-refractivity contribution is -0.131. The molecule has 0 spiro atoms. The van der Waals surface area contributed by atoms with Gasteiger partial charge < -0.3 is 9.80 Å². The number of hydrogen-bond donors (Lipinski definition) is 1. The summed E-state index contributed by atoms with van der Waals surface area (Å²) in [5.41, 5.74) is 0. The molecule has 0 aliphatic carbocycles. The molecule has 4 nitrogen and oxygen atoms in total. The third-order valence-corrected chi connectivity index (χ3v) is 3.32. The second-order valence-corrected chi connectivity index (χ2v) is 5.79. The molecule has 2 unspecified atom stereocenters. The van der Waals surface area contributed by atoms with Crippen LogP contribution in [-0.2, 0) is 4.79 Å². The van der Waals surface area contributed by atoms with Gasteiger partial charge in [-0.2, -0.15) is 0 Å². The Morgan fingerprint density at radius 2 is 2.06 bits per heavy atom. The monoisotopic (exact) mass is 241 g/mol. The van der Waals surface area contributed by atoms with Crippen LogP contribution < -0.4 is 5.32 Å². The fourth-order valence-electron chi connectivity index (χ4n) is 2.20. The molecule has 0 aromatic heterocycles. The summed E-state index contributed by atoms with van der Waals surface area (Å²) in [5, 5.41) is 3.32. The number of carbonyl (C=O) groups excluding carboxylic acids is 1. The van der Waals surface area contributed by atoms with Gasteiger partial charge in [0, 0.05) is 6.04 Å². The summed E-state index contributed by atoms with van der Waals surface area (Å²) in [4.78, 5) is 16.3. The Morgan fingerprint density at radius 3 is 2.59 bits per heavy atom. The smallest absolute Gasteiger partial charge is 0.241 e. The van der Waals surface area contributed by atoms with E-state index in [0.717, 1.165) is 19.4 Å². The summed E-state index contributed by atoms with van der Waals surface area (Å²) in [7, 11) is 4.14. The molecule has 1 fully saturated rings. The van der Waals surface area contributed by atoms with E-state index in [4.69, 9.17) is 0 Å². The molecule has 0 aromatic carbocycles. The van der Waals surface area contributed by atoms with E-state index in [0.29, 0.717) is 18.6 Å². The fourth-order valence-corrected chi connectivity index (χ4v) is 2.20. The van der Waals surface area contributed by atoms with E-state index in [1.54, 1.807) is 0 Å². The third kappa shape index (κ3) is 4.28. The Hall–Kier alpha value is -0.610. The van der Waals surface area contributed by atoms with Gasteiger partial charge in [0.25, 0.3) is 0 Å². The van der Waals surface area contributed by atoms with Crippen LogP contribution >= 0.6 is 0 Å². The lowest BCUT2D eigenvalue weighted by Gasteiger charge is -2.25. The molecule has 0 saturated carbocycles. The van der Waals surface area contributed by atoms with Crippen LogP contribution in [0, 0.1) is 5.92 Å². The van der Waals surface area contributed by atoms with Crippen LogP contribution in [0.3, 0.4) is 0 Å². The Labute approximate surface area is 105 Å². The van der Waals surface area contributed by atoms with Crippen molar-refractivity contribution in [2.75, 3.05) is 27.3 Å². The number of hydrogen-bond acceptors (Lipinski definition) is 3. The Balaban J connectivity index is 2.43. The molecule has 1 rings (SSSR count). The van der Waals surface area contributed by atoms with E-state index in [1.807, 2.05) is 4.90 Å². The molecule has 1 aliphatic rings. The Kier molecular flexibility index (Phi) is 5.40. The van der Waals surface area contributed by atoms with Gasteiger partial charge in [0.05, 0.1) is 12.7 Å². The van der Waals surface area contributed by atoms with Crippen molar-refractivity contribution in [3.63, 3.8) is 0 Å². The normalized spacial score (nSPS) is 22.9. The number of carbonyl (C=O) groups is 1. The molecule has 17 heavy (non-hydrogen) atoms. The van der Waals surface area contributed by atoms with Crippen molar-refractivity contribution >= 4 is 5.91 Å². The molecule has 0 bridgehead atoms. The highest BCUT2D eigenvalue weighted by Crippen LogP contribution is 2.16. The van der Waals surface area contributed by atoms with Crippen molar-refractivity contribution in [2.45, 2.75) is 45.7 Å². The average molecular weight is 241 g/mol. The van der Waals surface area contributed by atoms with Crippen LogP contribution in [0.15, 0.2) is 0 Å². The maximum atomic E-state index is 12.2. The lowest BCUT2D eigenvalue weighted by Crippen LogP contribution is -2.38. The Bertz CT molecular complexity index is 253. The van der Waals surface area contributed by atoms with Crippen molar-refractivity contribution in [3.05, 3.63) is 0 Å². The van der Waals surface area contributed by atoms with Crippen LogP contribution in [0.5, 0.6) is 0 Å². The second kappa shape index (κ2) is 6.36. The number of rotatable bonds is 6. The predicted molar refractivity (Wildman–Crippen MR) is 70.7 cm³/mol. The van der Waals surface area contributed by atoms with Gasteiger partial charge in [-0.1, -0.05) is 13.8 Å².